The lowest BCUT2D eigenvalue weighted by Crippen LogP contribution is -2.05. The Labute approximate surface area is 151 Å². The maximum atomic E-state index is 12.1. The third-order valence-corrected chi connectivity index (χ3v) is 4.63. The number of ether oxygens (including phenoxy) is 1. The summed E-state index contributed by atoms with van der Waals surface area (Å²) in [5.74, 6) is -0.00866. The van der Waals surface area contributed by atoms with E-state index in [9.17, 15) is 14.9 Å². The second-order valence-electron chi connectivity index (χ2n) is 5.32. The highest BCUT2D eigenvalue weighted by molar-refractivity contribution is 9.10. The third kappa shape index (κ3) is 3.39. The third-order valence-electron chi connectivity index (χ3n) is 3.89. The number of fused-ring (bicyclic) bond motifs is 1. The van der Waals surface area contributed by atoms with Crippen LogP contribution in [0.3, 0.4) is 0 Å². The minimum atomic E-state index is -0.676. The standard InChI is InChI=1S/C17H13BrN2O5/c1-24-15-9-7-13(18)12-6-8-14(16(12)15)19-25-17(21)10-2-4-11(5-3-10)20(22)23/h2-5,7,9H,6,8H2,1H3/b19-14-. The number of nitro benzene ring substituents is 1. The highest BCUT2D eigenvalue weighted by atomic mass is 79.9. The molecular weight excluding hydrogens is 392 g/mol. The number of benzene rings is 2. The molecule has 8 heteroatoms. The molecule has 2 aromatic carbocycles. The van der Waals surface area contributed by atoms with Gasteiger partial charge >= 0.3 is 5.97 Å². The van der Waals surface area contributed by atoms with Crippen LogP contribution in [-0.4, -0.2) is 23.7 Å². The molecule has 3 rings (SSSR count). The molecule has 0 amide bonds. The van der Waals surface area contributed by atoms with E-state index in [4.69, 9.17) is 9.57 Å². The Balaban J connectivity index is 1.81. The van der Waals surface area contributed by atoms with E-state index < -0.39 is 10.9 Å². The first-order chi connectivity index (χ1) is 12.0. The number of carbonyl (C=O) groups excluding carboxylic acids is 1. The minimum absolute atomic E-state index is 0.0952. The average molecular weight is 405 g/mol. The van der Waals surface area contributed by atoms with E-state index in [2.05, 4.69) is 21.1 Å². The van der Waals surface area contributed by atoms with Gasteiger partial charge in [0.05, 0.1) is 23.3 Å². The minimum Gasteiger partial charge on any atom is -0.496 e. The molecule has 7 nitrogen and oxygen atoms in total. The van der Waals surface area contributed by atoms with E-state index in [-0.39, 0.29) is 11.3 Å². The molecule has 0 heterocycles. The van der Waals surface area contributed by atoms with Crippen molar-refractivity contribution in [1.29, 1.82) is 0 Å². The molecular formula is C17H13BrN2O5. The normalized spacial score (nSPS) is 14.2. The van der Waals surface area contributed by atoms with Crippen molar-refractivity contribution in [2.24, 2.45) is 5.16 Å². The summed E-state index contributed by atoms with van der Waals surface area (Å²) >= 11 is 3.50. The lowest BCUT2D eigenvalue weighted by molar-refractivity contribution is -0.384. The molecule has 25 heavy (non-hydrogen) atoms. The summed E-state index contributed by atoms with van der Waals surface area (Å²) in [6.45, 7) is 0. The molecule has 0 N–H and O–H groups in total. The van der Waals surface area contributed by atoms with Crippen molar-refractivity contribution in [1.82, 2.24) is 0 Å². The monoisotopic (exact) mass is 404 g/mol. The van der Waals surface area contributed by atoms with E-state index in [1.165, 1.54) is 24.3 Å². The molecule has 1 aliphatic rings. The summed E-state index contributed by atoms with van der Waals surface area (Å²) in [4.78, 5) is 27.2. The van der Waals surface area contributed by atoms with Crippen molar-refractivity contribution in [3.05, 3.63) is 67.7 Å². The van der Waals surface area contributed by atoms with Crippen LogP contribution in [0.2, 0.25) is 0 Å². The lowest BCUT2D eigenvalue weighted by atomic mass is 10.1. The summed E-state index contributed by atoms with van der Waals surface area (Å²) in [5.41, 5.74) is 2.61. The van der Waals surface area contributed by atoms with Crippen LogP contribution in [-0.2, 0) is 11.3 Å². The zero-order chi connectivity index (χ0) is 18.0. The van der Waals surface area contributed by atoms with Crippen molar-refractivity contribution in [3.63, 3.8) is 0 Å². The fourth-order valence-corrected chi connectivity index (χ4v) is 3.19. The summed E-state index contributed by atoms with van der Waals surface area (Å²) in [6.07, 6.45) is 1.39. The van der Waals surface area contributed by atoms with Crippen LogP contribution in [0, 0.1) is 10.1 Å². The van der Waals surface area contributed by atoms with Gasteiger partial charge in [-0.3, -0.25) is 10.1 Å². The molecule has 2 aromatic rings. The van der Waals surface area contributed by atoms with Crippen molar-refractivity contribution in [2.45, 2.75) is 12.8 Å². The van der Waals surface area contributed by atoms with Crippen LogP contribution in [0.15, 0.2) is 46.0 Å². The van der Waals surface area contributed by atoms with Gasteiger partial charge in [0.25, 0.3) is 5.69 Å². The fourth-order valence-electron chi connectivity index (χ4n) is 2.66. The van der Waals surface area contributed by atoms with E-state index >= 15 is 0 Å². The Bertz CT molecular complexity index is 877. The number of rotatable bonds is 4. The van der Waals surface area contributed by atoms with Crippen molar-refractivity contribution >= 4 is 33.3 Å². The van der Waals surface area contributed by atoms with E-state index in [1.54, 1.807) is 7.11 Å². The Hall–Kier alpha value is -2.74. The van der Waals surface area contributed by atoms with Gasteiger partial charge < -0.3 is 9.57 Å². The van der Waals surface area contributed by atoms with Crippen LogP contribution in [0.1, 0.15) is 27.9 Å². The van der Waals surface area contributed by atoms with Gasteiger partial charge in [0.2, 0.25) is 0 Å². The van der Waals surface area contributed by atoms with Crippen LogP contribution in [0.4, 0.5) is 5.69 Å². The maximum Gasteiger partial charge on any atom is 0.365 e. The zero-order valence-corrected chi connectivity index (χ0v) is 14.8. The van der Waals surface area contributed by atoms with E-state index in [0.717, 1.165) is 22.0 Å². The smallest absolute Gasteiger partial charge is 0.365 e. The number of halogens is 1. The van der Waals surface area contributed by atoms with E-state index in [1.807, 2.05) is 12.1 Å². The molecule has 0 saturated carbocycles. The SMILES string of the molecule is COc1ccc(Br)c2c1/C(=N\OC(=O)c1ccc([N+](=O)[O-])cc1)CC2. The molecule has 0 radical (unpaired) electrons. The molecule has 128 valence electrons. The van der Waals surface area contributed by atoms with Gasteiger partial charge in [-0.05, 0) is 42.7 Å². The molecule has 1 aliphatic carbocycles. The Morgan fingerprint density at radius 2 is 1.92 bits per heavy atom. The van der Waals surface area contributed by atoms with Gasteiger partial charge in [-0.15, -0.1) is 0 Å². The number of hydrogen-bond acceptors (Lipinski definition) is 6. The first kappa shape index (κ1) is 17.1. The van der Waals surface area contributed by atoms with Gasteiger partial charge in [0, 0.05) is 22.2 Å². The van der Waals surface area contributed by atoms with Crippen LogP contribution >= 0.6 is 15.9 Å². The average Bonchev–Trinajstić information content (AvgIpc) is 3.05. The van der Waals surface area contributed by atoms with Crippen molar-refractivity contribution in [2.75, 3.05) is 7.11 Å². The second-order valence-corrected chi connectivity index (χ2v) is 6.18. The molecule has 0 aliphatic heterocycles. The quantitative estimate of drug-likeness (QED) is 0.438. The van der Waals surface area contributed by atoms with Gasteiger partial charge in [0.1, 0.15) is 5.75 Å². The van der Waals surface area contributed by atoms with Crippen LogP contribution in [0.5, 0.6) is 5.75 Å². The molecule has 0 spiro atoms. The Kier molecular flexibility index (Phi) is 4.80. The van der Waals surface area contributed by atoms with Crippen LogP contribution < -0.4 is 4.74 Å². The first-order valence-electron chi connectivity index (χ1n) is 7.39. The van der Waals surface area contributed by atoms with Gasteiger partial charge in [0.15, 0.2) is 0 Å². The fraction of sp³-hybridized carbons (Fsp3) is 0.176. The maximum absolute atomic E-state index is 12.1. The first-order valence-corrected chi connectivity index (χ1v) is 8.19. The number of oxime groups is 1. The van der Waals surface area contributed by atoms with Gasteiger partial charge in [-0.25, -0.2) is 4.79 Å². The largest absolute Gasteiger partial charge is 0.496 e. The van der Waals surface area contributed by atoms with Gasteiger partial charge in [-0.1, -0.05) is 21.1 Å². The van der Waals surface area contributed by atoms with Crippen molar-refractivity contribution in [3.8, 4) is 5.75 Å². The topological polar surface area (TPSA) is 91.0 Å². The number of carbonyl (C=O) groups is 1. The highest BCUT2D eigenvalue weighted by Gasteiger charge is 2.25. The number of hydrogen-bond donors (Lipinski definition) is 0. The summed E-state index contributed by atoms with van der Waals surface area (Å²) in [6, 6.07) is 8.88. The zero-order valence-electron chi connectivity index (χ0n) is 13.2. The number of methoxy groups -OCH3 is 1. The lowest BCUT2D eigenvalue weighted by Gasteiger charge is -2.09. The van der Waals surface area contributed by atoms with Crippen LogP contribution in [0.25, 0.3) is 0 Å². The number of nitro groups is 1. The molecule has 0 fully saturated rings. The van der Waals surface area contributed by atoms with Gasteiger partial charge in [-0.2, -0.15) is 0 Å². The number of non-ortho nitro benzene ring substituents is 1. The predicted molar refractivity (Wildman–Crippen MR) is 94.1 cm³/mol. The molecule has 0 bridgehead atoms. The van der Waals surface area contributed by atoms with Crippen molar-refractivity contribution < 1.29 is 19.3 Å². The molecule has 0 aromatic heterocycles. The summed E-state index contributed by atoms with van der Waals surface area (Å²) < 4.78 is 6.32. The highest BCUT2D eigenvalue weighted by Crippen LogP contribution is 2.36. The summed E-state index contributed by atoms with van der Waals surface area (Å²) in [5, 5.41) is 14.6. The molecule has 0 atom stereocenters. The Morgan fingerprint density at radius 1 is 1.20 bits per heavy atom. The van der Waals surface area contributed by atoms with E-state index in [0.29, 0.717) is 17.9 Å². The Morgan fingerprint density at radius 3 is 2.56 bits per heavy atom. The molecule has 0 saturated heterocycles. The second kappa shape index (κ2) is 7.02. The summed E-state index contributed by atoms with van der Waals surface area (Å²) in [7, 11) is 1.57. The predicted octanol–water partition coefficient (Wildman–Crippen LogP) is 3.87. The number of nitrogens with zero attached hydrogens (tertiary/aromatic N) is 2. The molecule has 0 unspecified atom stereocenters.